The van der Waals surface area contributed by atoms with Gasteiger partial charge in [0.1, 0.15) is 22.9 Å². The quantitative estimate of drug-likeness (QED) is 0.720. The number of furan rings is 1. The Balaban J connectivity index is 1.61. The van der Waals surface area contributed by atoms with Crippen LogP contribution in [-0.2, 0) is 19.1 Å². The van der Waals surface area contributed by atoms with Crippen LogP contribution in [0.1, 0.15) is 23.6 Å². The molecule has 1 aromatic carbocycles. The zero-order valence-electron chi connectivity index (χ0n) is 16.3. The Hall–Kier alpha value is -2.94. The molecule has 0 radical (unpaired) electrons. The van der Waals surface area contributed by atoms with Gasteiger partial charge in [0.05, 0.1) is 19.1 Å². The van der Waals surface area contributed by atoms with Gasteiger partial charge in [0.25, 0.3) is 5.91 Å². The lowest BCUT2D eigenvalue weighted by Crippen LogP contribution is -2.43. The normalized spacial score (nSPS) is 18.4. The number of methoxy groups -OCH3 is 1. The SMILES string of the molecule is COc1ccc(C)cc1NC(=O)COC(=O)[C@@H]1CS[C@@H](c2ccco2)N1C(C)=O. The van der Waals surface area contributed by atoms with Gasteiger partial charge in [-0.2, -0.15) is 0 Å². The van der Waals surface area contributed by atoms with E-state index < -0.39 is 29.9 Å². The number of nitrogens with one attached hydrogen (secondary N) is 1. The summed E-state index contributed by atoms with van der Waals surface area (Å²) < 4.78 is 15.8. The molecule has 29 heavy (non-hydrogen) atoms. The summed E-state index contributed by atoms with van der Waals surface area (Å²) >= 11 is 1.41. The highest BCUT2D eigenvalue weighted by Gasteiger charge is 2.43. The Morgan fingerprint density at radius 1 is 1.31 bits per heavy atom. The number of anilines is 1. The first-order valence-electron chi connectivity index (χ1n) is 8.95. The minimum absolute atomic E-state index is 0.271. The molecule has 2 aromatic rings. The van der Waals surface area contributed by atoms with Crippen molar-refractivity contribution >= 4 is 35.2 Å². The molecule has 3 rings (SSSR count). The molecule has 0 bridgehead atoms. The molecule has 1 aliphatic rings. The predicted octanol–water partition coefficient (Wildman–Crippen LogP) is 2.74. The maximum absolute atomic E-state index is 12.5. The highest BCUT2D eigenvalue weighted by Crippen LogP contribution is 2.41. The van der Waals surface area contributed by atoms with Crippen LogP contribution in [0.4, 0.5) is 5.69 Å². The smallest absolute Gasteiger partial charge is 0.330 e. The van der Waals surface area contributed by atoms with Crippen LogP contribution in [0.15, 0.2) is 41.0 Å². The summed E-state index contributed by atoms with van der Waals surface area (Å²) in [5, 5.41) is 2.27. The predicted molar refractivity (Wildman–Crippen MR) is 108 cm³/mol. The summed E-state index contributed by atoms with van der Waals surface area (Å²) in [5.74, 6) is 0.0541. The number of esters is 1. The van der Waals surface area contributed by atoms with Crippen LogP contribution < -0.4 is 10.1 Å². The topological polar surface area (TPSA) is 98.1 Å². The van der Waals surface area contributed by atoms with E-state index in [1.807, 2.05) is 13.0 Å². The van der Waals surface area contributed by atoms with Gasteiger partial charge < -0.3 is 24.1 Å². The first kappa shape index (κ1) is 20.8. The fourth-order valence-electron chi connectivity index (χ4n) is 3.06. The largest absolute Gasteiger partial charge is 0.495 e. The molecule has 0 saturated carbocycles. The molecule has 8 nitrogen and oxygen atoms in total. The van der Waals surface area contributed by atoms with Crippen molar-refractivity contribution in [3.05, 3.63) is 47.9 Å². The van der Waals surface area contributed by atoms with Gasteiger partial charge in [-0.1, -0.05) is 6.07 Å². The molecule has 1 aliphatic heterocycles. The number of hydrogen-bond donors (Lipinski definition) is 1. The number of thioether (sulfide) groups is 1. The number of amides is 2. The third kappa shape index (κ3) is 4.73. The zero-order valence-corrected chi connectivity index (χ0v) is 17.2. The van der Waals surface area contributed by atoms with E-state index in [0.29, 0.717) is 22.9 Å². The van der Waals surface area contributed by atoms with Crippen LogP contribution in [0.2, 0.25) is 0 Å². The molecule has 0 unspecified atom stereocenters. The Bertz CT molecular complexity index is 898. The van der Waals surface area contributed by atoms with Crippen LogP contribution >= 0.6 is 11.8 Å². The van der Waals surface area contributed by atoms with Gasteiger partial charge in [0.2, 0.25) is 5.91 Å². The van der Waals surface area contributed by atoms with Crippen molar-refractivity contribution in [3.8, 4) is 5.75 Å². The monoisotopic (exact) mass is 418 g/mol. The lowest BCUT2D eigenvalue weighted by molar-refractivity contribution is -0.155. The van der Waals surface area contributed by atoms with E-state index in [1.165, 1.54) is 37.0 Å². The molecule has 2 heterocycles. The van der Waals surface area contributed by atoms with Crippen molar-refractivity contribution in [2.45, 2.75) is 25.3 Å². The number of benzene rings is 1. The summed E-state index contributed by atoms with van der Waals surface area (Å²) in [7, 11) is 1.50. The molecule has 2 amide bonds. The number of hydrogen-bond acceptors (Lipinski definition) is 7. The molecule has 9 heteroatoms. The van der Waals surface area contributed by atoms with Crippen LogP contribution in [0.5, 0.6) is 5.75 Å². The maximum Gasteiger partial charge on any atom is 0.330 e. The number of carbonyl (C=O) groups is 3. The van der Waals surface area contributed by atoms with Crippen molar-refractivity contribution in [2.75, 3.05) is 24.8 Å². The number of rotatable bonds is 6. The van der Waals surface area contributed by atoms with Gasteiger partial charge in [-0.3, -0.25) is 9.59 Å². The fraction of sp³-hybridized carbons (Fsp3) is 0.350. The highest BCUT2D eigenvalue weighted by molar-refractivity contribution is 7.99. The van der Waals surface area contributed by atoms with E-state index >= 15 is 0 Å². The molecule has 154 valence electrons. The Morgan fingerprint density at radius 3 is 2.76 bits per heavy atom. The summed E-state index contributed by atoms with van der Waals surface area (Å²) in [6.45, 7) is 2.81. The van der Waals surface area contributed by atoms with Gasteiger partial charge in [0, 0.05) is 12.7 Å². The Labute approximate surface area is 172 Å². The van der Waals surface area contributed by atoms with Crippen LogP contribution in [0, 0.1) is 6.92 Å². The van der Waals surface area contributed by atoms with E-state index in [-0.39, 0.29) is 5.91 Å². The van der Waals surface area contributed by atoms with Gasteiger partial charge in [-0.25, -0.2) is 4.79 Å². The third-order valence-electron chi connectivity index (χ3n) is 4.40. The van der Waals surface area contributed by atoms with Crippen LogP contribution in [0.25, 0.3) is 0 Å². The van der Waals surface area contributed by atoms with Gasteiger partial charge in [-0.05, 0) is 36.8 Å². The van der Waals surface area contributed by atoms with Crippen LogP contribution in [-0.4, -0.2) is 48.2 Å². The standard InChI is InChI=1S/C20H22N2O6S/c1-12-6-7-16(26-3)14(9-12)21-18(24)10-28-20(25)15-11-29-19(22(15)13(2)23)17-5-4-8-27-17/h4-9,15,19H,10-11H2,1-3H3,(H,21,24)/t15-,19-/m0/s1. The lowest BCUT2D eigenvalue weighted by atomic mass is 10.2. The Morgan fingerprint density at radius 2 is 2.10 bits per heavy atom. The van der Waals surface area contributed by atoms with Gasteiger partial charge >= 0.3 is 5.97 Å². The Kier molecular flexibility index (Phi) is 6.48. The van der Waals surface area contributed by atoms with Crippen molar-refractivity contribution in [1.29, 1.82) is 0 Å². The minimum atomic E-state index is -0.783. The van der Waals surface area contributed by atoms with E-state index in [0.717, 1.165) is 5.56 Å². The molecule has 0 spiro atoms. The first-order valence-corrected chi connectivity index (χ1v) is 10.0. The average Bonchev–Trinajstić information content (AvgIpc) is 3.35. The molecule has 2 atom stereocenters. The molecule has 1 N–H and O–H groups in total. The van der Waals surface area contributed by atoms with Gasteiger partial charge in [0.15, 0.2) is 6.61 Å². The summed E-state index contributed by atoms with van der Waals surface area (Å²) in [4.78, 5) is 38.3. The zero-order chi connectivity index (χ0) is 21.0. The van der Waals surface area contributed by atoms with Gasteiger partial charge in [-0.15, -0.1) is 11.8 Å². The molecular formula is C20H22N2O6S. The molecule has 1 aromatic heterocycles. The van der Waals surface area contributed by atoms with Crippen molar-refractivity contribution in [2.24, 2.45) is 0 Å². The fourth-order valence-corrected chi connectivity index (χ4v) is 4.48. The summed E-state index contributed by atoms with van der Waals surface area (Å²) in [5.41, 5.74) is 1.44. The van der Waals surface area contributed by atoms with Crippen molar-refractivity contribution < 1.29 is 28.3 Å². The number of ether oxygens (including phenoxy) is 2. The maximum atomic E-state index is 12.5. The van der Waals surface area contributed by atoms with E-state index in [1.54, 1.807) is 24.3 Å². The van der Waals surface area contributed by atoms with Crippen LogP contribution in [0.3, 0.4) is 0 Å². The molecule has 1 fully saturated rings. The van der Waals surface area contributed by atoms with Crippen molar-refractivity contribution in [1.82, 2.24) is 4.90 Å². The second-order valence-electron chi connectivity index (χ2n) is 6.50. The molecular weight excluding hydrogens is 396 g/mol. The third-order valence-corrected chi connectivity index (χ3v) is 5.68. The minimum Gasteiger partial charge on any atom is -0.495 e. The van der Waals surface area contributed by atoms with E-state index in [2.05, 4.69) is 5.32 Å². The first-order chi connectivity index (χ1) is 13.9. The second-order valence-corrected chi connectivity index (χ2v) is 7.62. The number of nitrogens with zero attached hydrogens (tertiary/aromatic N) is 1. The van der Waals surface area contributed by atoms with Crippen molar-refractivity contribution in [3.63, 3.8) is 0 Å². The number of aryl methyl sites for hydroxylation is 1. The summed E-state index contributed by atoms with van der Waals surface area (Å²) in [6.07, 6.45) is 1.52. The molecule has 1 saturated heterocycles. The lowest BCUT2D eigenvalue weighted by Gasteiger charge is -2.25. The average molecular weight is 418 g/mol. The molecule has 0 aliphatic carbocycles. The highest BCUT2D eigenvalue weighted by atomic mass is 32.2. The van der Waals surface area contributed by atoms with E-state index in [9.17, 15) is 14.4 Å². The number of carbonyl (C=O) groups excluding carboxylic acids is 3. The van der Waals surface area contributed by atoms with E-state index in [4.69, 9.17) is 13.9 Å². The summed E-state index contributed by atoms with van der Waals surface area (Å²) in [6, 6.07) is 8.06. The second kappa shape index (κ2) is 9.04.